The van der Waals surface area contributed by atoms with Gasteiger partial charge in [0.15, 0.2) is 0 Å². The Labute approximate surface area is 360 Å². The second kappa shape index (κ2) is 17.0. The molecule has 0 amide bonds. The molecule has 8 aromatic rings. The summed E-state index contributed by atoms with van der Waals surface area (Å²) in [6, 6.07) is 38.4. The van der Waals surface area contributed by atoms with Gasteiger partial charge in [-0.3, -0.25) is 0 Å². The number of para-hydroxylation sites is 2. The van der Waals surface area contributed by atoms with E-state index in [9.17, 15) is 0 Å². The average molecular weight is 809 g/mol. The summed E-state index contributed by atoms with van der Waals surface area (Å²) in [5.74, 6) is 2.46. The van der Waals surface area contributed by atoms with Crippen molar-refractivity contribution in [1.82, 2.24) is 9.97 Å². The number of nitrogens with one attached hydrogen (secondary N) is 2. The second-order valence-corrected chi connectivity index (χ2v) is 17.8. The maximum absolute atomic E-state index is 6.45. The van der Waals surface area contributed by atoms with E-state index in [1.165, 1.54) is 55.3 Å². The first-order valence-electron chi connectivity index (χ1n) is 22.3. The molecule has 6 N–H and O–H groups in total. The topological polar surface area (TPSA) is 110 Å². The van der Waals surface area contributed by atoms with Crippen molar-refractivity contribution in [3.05, 3.63) is 131 Å². The summed E-state index contributed by atoms with van der Waals surface area (Å²) in [7, 11) is 0. The zero-order chi connectivity index (χ0) is 42.2. The Morgan fingerprint density at radius 3 is 1.44 bits per heavy atom. The van der Waals surface area contributed by atoms with Crippen LogP contribution < -0.4 is 31.2 Å². The lowest BCUT2D eigenvalue weighted by Gasteiger charge is -2.18. The van der Waals surface area contributed by atoms with E-state index in [0.29, 0.717) is 0 Å². The van der Waals surface area contributed by atoms with Crippen LogP contribution in [-0.2, 0) is 0 Å². The number of nitrogens with zero attached hydrogens (tertiary/aromatic N) is 4. The fraction of sp³-hybridized carbons (Fsp3) is 0.321. The van der Waals surface area contributed by atoms with Crippen molar-refractivity contribution in [2.75, 3.05) is 35.2 Å². The third-order valence-electron chi connectivity index (χ3n) is 13.3. The number of unbranched alkanes of at least 4 members (excludes halogenated alkanes) is 3. The first-order valence-corrected chi connectivity index (χ1v) is 22.3. The highest BCUT2D eigenvalue weighted by Gasteiger charge is 2.38. The zero-order valence-electron chi connectivity index (χ0n) is 36.4. The van der Waals surface area contributed by atoms with Gasteiger partial charge in [-0.25, -0.2) is 9.97 Å². The highest BCUT2D eigenvalue weighted by molar-refractivity contribution is 5.89. The Bertz CT molecular complexity index is 2890. The van der Waals surface area contributed by atoms with E-state index < -0.39 is 0 Å². The van der Waals surface area contributed by atoms with Gasteiger partial charge in [-0.2, -0.15) is 0 Å². The number of nitrogen functional groups attached to an aromatic ring is 2. The molecule has 0 aliphatic heterocycles. The third kappa shape index (κ3) is 8.28. The summed E-state index contributed by atoms with van der Waals surface area (Å²) in [6.07, 6.45) is 8.80. The molecule has 9 rings (SSSR count). The quantitative estimate of drug-likeness (QED) is 0.0355. The van der Waals surface area contributed by atoms with Gasteiger partial charge in [-0.1, -0.05) is 69.0 Å². The number of fused-ring (bicyclic) bond motifs is 4. The van der Waals surface area contributed by atoms with Crippen molar-refractivity contribution < 1.29 is 9.13 Å². The standard InChI is InChI=1S/C53H58N8/c1-33-24-41(33)38(21-23-57-45-32-53-49(28-37(45)5)59-47-26-35(3)43(55)30-51(47)61(53)40-19-13-9-14-20-40)16-10-6-7-15-22-56-44-31-52-48(27-36(44)4)58-46-25-34(2)42(54)29-50(46)60(52)39-17-11-8-12-18-39/h8-9,11-14,17-20,25-33,38,41H,6-7,10,15-16,21-24H2,1-5H3,(H4,54,55,56,57)/p+2/t33?,38?,41-/m0/s1. The van der Waals surface area contributed by atoms with Gasteiger partial charge in [0.05, 0.1) is 0 Å². The van der Waals surface area contributed by atoms with E-state index in [4.69, 9.17) is 21.4 Å². The van der Waals surface area contributed by atoms with Gasteiger partial charge in [-0.15, -0.1) is 9.13 Å². The molecule has 3 atom stereocenters. The molecule has 0 spiro atoms. The van der Waals surface area contributed by atoms with E-state index in [1.807, 2.05) is 13.8 Å². The number of hydrogen-bond acceptors (Lipinski definition) is 6. The Hall–Kier alpha value is -6.28. The van der Waals surface area contributed by atoms with Crippen LogP contribution >= 0.6 is 0 Å². The number of anilines is 4. The molecule has 8 nitrogen and oxygen atoms in total. The fourth-order valence-corrected chi connectivity index (χ4v) is 9.52. The first kappa shape index (κ1) is 40.1. The van der Waals surface area contributed by atoms with Crippen molar-refractivity contribution in [3.63, 3.8) is 0 Å². The van der Waals surface area contributed by atoms with Crippen molar-refractivity contribution in [2.45, 2.75) is 79.6 Å². The Morgan fingerprint density at radius 2 is 0.967 bits per heavy atom. The van der Waals surface area contributed by atoms with Crippen LogP contribution in [0.15, 0.2) is 109 Å². The summed E-state index contributed by atoms with van der Waals surface area (Å²) >= 11 is 0. The van der Waals surface area contributed by atoms with Crippen molar-refractivity contribution in [1.29, 1.82) is 0 Å². The maximum Gasteiger partial charge on any atom is 0.239 e. The molecule has 2 heterocycles. The van der Waals surface area contributed by atoms with Crippen molar-refractivity contribution in [3.8, 4) is 11.4 Å². The molecule has 0 saturated heterocycles. The minimum Gasteiger partial charge on any atom is -0.398 e. The highest BCUT2D eigenvalue weighted by atomic mass is 15.0. The largest absolute Gasteiger partial charge is 0.398 e. The minimum absolute atomic E-state index is 0.757. The second-order valence-electron chi connectivity index (χ2n) is 17.8. The Kier molecular flexibility index (Phi) is 11.2. The normalized spacial score (nSPS) is 15.5. The van der Waals surface area contributed by atoms with Gasteiger partial charge in [0.1, 0.15) is 22.1 Å². The molecular weight excluding hydrogens is 749 g/mol. The third-order valence-corrected chi connectivity index (χ3v) is 13.3. The van der Waals surface area contributed by atoms with Gasteiger partial charge < -0.3 is 22.1 Å². The average Bonchev–Trinajstić information content (AvgIpc) is 3.99. The smallest absolute Gasteiger partial charge is 0.239 e. The van der Waals surface area contributed by atoms with Crippen LogP contribution in [-0.4, -0.2) is 23.1 Å². The molecule has 61 heavy (non-hydrogen) atoms. The van der Waals surface area contributed by atoms with Crippen LogP contribution in [0.2, 0.25) is 0 Å². The van der Waals surface area contributed by atoms with Gasteiger partial charge in [0.25, 0.3) is 0 Å². The SMILES string of the molecule is Cc1cc2nc3cc(C)c(NCCCCCCC(CCNc4cc5c(cc4C)nc4cc(C)c(N)cc4[n+]5-c4ccccc4)[C@H]4CC4C)cc3[n+](-c3ccccc3)c2cc1N. The number of benzene rings is 6. The van der Waals surface area contributed by atoms with Crippen molar-refractivity contribution in [2.24, 2.45) is 17.8 Å². The van der Waals surface area contributed by atoms with E-state index >= 15 is 0 Å². The van der Waals surface area contributed by atoms with Gasteiger partial charge in [0.2, 0.25) is 33.4 Å². The predicted molar refractivity (Wildman–Crippen MR) is 255 cm³/mol. The molecule has 2 unspecified atom stereocenters. The molecule has 310 valence electrons. The molecule has 0 radical (unpaired) electrons. The number of rotatable bonds is 15. The molecule has 1 fully saturated rings. The van der Waals surface area contributed by atoms with Crippen LogP contribution in [0.25, 0.3) is 55.5 Å². The van der Waals surface area contributed by atoms with Crippen LogP contribution in [0.1, 0.15) is 74.1 Å². The number of hydrogen-bond donors (Lipinski definition) is 4. The molecule has 1 saturated carbocycles. The molecule has 8 heteroatoms. The Balaban J connectivity index is 0.827. The van der Waals surface area contributed by atoms with Gasteiger partial charge >= 0.3 is 0 Å². The molecule has 6 aromatic carbocycles. The Morgan fingerprint density at radius 1 is 0.541 bits per heavy atom. The van der Waals surface area contributed by atoms with Crippen molar-refractivity contribution >= 4 is 66.9 Å². The molecule has 2 aromatic heterocycles. The molecule has 1 aliphatic rings. The summed E-state index contributed by atoms with van der Waals surface area (Å²) < 4.78 is 4.61. The number of aromatic nitrogens is 4. The van der Waals surface area contributed by atoms with E-state index in [0.717, 1.165) is 121 Å². The van der Waals surface area contributed by atoms with E-state index in [2.05, 4.69) is 150 Å². The zero-order valence-corrected chi connectivity index (χ0v) is 36.4. The maximum atomic E-state index is 6.45. The molecule has 0 bridgehead atoms. The predicted octanol–water partition coefficient (Wildman–Crippen LogP) is 11.2. The van der Waals surface area contributed by atoms with Crippen LogP contribution in [0.4, 0.5) is 22.7 Å². The highest BCUT2D eigenvalue weighted by Crippen LogP contribution is 2.47. The summed E-state index contributed by atoms with van der Waals surface area (Å²) in [4.78, 5) is 10.2. The van der Waals surface area contributed by atoms with Crippen LogP contribution in [0, 0.1) is 45.4 Å². The first-order chi connectivity index (χ1) is 29.6. The lowest BCUT2D eigenvalue weighted by atomic mass is 9.91. The minimum atomic E-state index is 0.757. The lowest BCUT2D eigenvalue weighted by Crippen LogP contribution is -2.33. The summed E-state index contributed by atoms with van der Waals surface area (Å²) in [5, 5.41) is 7.66. The lowest BCUT2D eigenvalue weighted by molar-refractivity contribution is -0.538. The monoisotopic (exact) mass is 808 g/mol. The van der Waals surface area contributed by atoms with E-state index in [-0.39, 0.29) is 0 Å². The van der Waals surface area contributed by atoms with Crippen LogP contribution in [0.3, 0.4) is 0 Å². The fourth-order valence-electron chi connectivity index (χ4n) is 9.52. The van der Waals surface area contributed by atoms with E-state index in [1.54, 1.807) is 0 Å². The van der Waals surface area contributed by atoms with Gasteiger partial charge in [-0.05, 0) is 111 Å². The molecular formula is C53H60N8+2. The summed E-state index contributed by atoms with van der Waals surface area (Å²) in [6.45, 7) is 12.8. The molecule has 1 aliphatic carbocycles. The van der Waals surface area contributed by atoms with Gasteiger partial charge in [0, 0.05) is 84.4 Å². The van der Waals surface area contributed by atoms with Crippen LogP contribution in [0.5, 0.6) is 0 Å². The summed E-state index contributed by atoms with van der Waals surface area (Å²) in [5.41, 5.74) is 31.5. The number of nitrogens with two attached hydrogens (primary N) is 2. The number of aryl methyl sites for hydroxylation is 4.